The van der Waals surface area contributed by atoms with E-state index >= 15 is 0 Å². The minimum absolute atomic E-state index is 0.0604. The van der Waals surface area contributed by atoms with Crippen LogP contribution in [0, 0.1) is 0 Å². The molecule has 2 aromatic rings. The molecule has 0 saturated carbocycles. The van der Waals surface area contributed by atoms with Gasteiger partial charge in [-0.1, -0.05) is 18.2 Å². The third kappa shape index (κ3) is 2.43. The Hall–Kier alpha value is -2.34. The Morgan fingerprint density at radius 2 is 1.76 bits per heavy atom. The number of anilines is 2. The van der Waals surface area contributed by atoms with Gasteiger partial charge in [-0.3, -0.25) is 9.10 Å². The number of nitrogens with zero attached hydrogens (tertiary/aromatic N) is 2. The number of sulfonamides is 1. The summed E-state index contributed by atoms with van der Waals surface area (Å²) in [5, 5.41) is 0. The molecule has 0 radical (unpaired) electrons. The molecule has 1 amide bonds. The highest BCUT2D eigenvalue weighted by Gasteiger charge is 2.36. The lowest BCUT2D eigenvalue weighted by Crippen LogP contribution is -2.36. The molecule has 0 saturated heterocycles. The van der Waals surface area contributed by atoms with Crippen LogP contribution in [0.1, 0.15) is 24.5 Å². The summed E-state index contributed by atoms with van der Waals surface area (Å²) >= 11 is 0. The van der Waals surface area contributed by atoms with Crippen LogP contribution in [0.15, 0.2) is 47.4 Å². The zero-order valence-corrected chi connectivity index (χ0v) is 15.1. The van der Waals surface area contributed by atoms with Crippen LogP contribution in [0.3, 0.4) is 0 Å². The van der Waals surface area contributed by atoms with Gasteiger partial charge in [0.2, 0.25) is 5.91 Å². The number of hydrogen-bond acceptors (Lipinski definition) is 3. The normalized spacial score (nSPS) is 19.8. The highest BCUT2D eigenvalue weighted by Crippen LogP contribution is 2.37. The maximum absolute atomic E-state index is 13.3. The van der Waals surface area contributed by atoms with Crippen LogP contribution in [0.5, 0.6) is 0 Å². The second kappa shape index (κ2) is 5.59. The zero-order valence-electron chi connectivity index (χ0n) is 14.3. The number of rotatable bonds is 2. The van der Waals surface area contributed by atoms with Crippen LogP contribution in [-0.4, -0.2) is 27.4 Å². The summed E-state index contributed by atoms with van der Waals surface area (Å²) in [5.41, 5.74) is 3.52. The van der Waals surface area contributed by atoms with Gasteiger partial charge < -0.3 is 4.90 Å². The van der Waals surface area contributed by atoms with Crippen molar-refractivity contribution in [1.82, 2.24) is 0 Å². The Balaban J connectivity index is 1.78. The van der Waals surface area contributed by atoms with Crippen molar-refractivity contribution in [1.29, 1.82) is 0 Å². The third-order valence-corrected chi connectivity index (χ3v) is 7.02. The van der Waals surface area contributed by atoms with Crippen LogP contribution >= 0.6 is 0 Å². The lowest BCUT2D eigenvalue weighted by molar-refractivity contribution is -0.118. The molecule has 0 N–H and O–H groups in total. The van der Waals surface area contributed by atoms with Crippen LogP contribution < -0.4 is 9.21 Å². The van der Waals surface area contributed by atoms with E-state index in [-0.39, 0.29) is 16.8 Å². The number of carbonyl (C=O) groups excluding carboxylic acids is 1. The fourth-order valence-electron chi connectivity index (χ4n) is 3.81. The zero-order chi connectivity index (χ0) is 17.8. The molecule has 1 atom stereocenters. The Morgan fingerprint density at radius 3 is 2.56 bits per heavy atom. The summed E-state index contributed by atoms with van der Waals surface area (Å²) < 4.78 is 28.1. The van der Waals surface area contributed by atoms with Crippen molar-refractivity contribution in [3.63, 3.8) is 0 Å². The highest BCUT2D eigenvalue weighted by molar-refractivity contribution is 7.92. The second-order valence-corrected chi connectivity index (χ2v) is 8.54. The van der Waals surface area contributed by atoms with E-state index in [0.717, 1.165) is 28.9 Å². The van der Waals surface area contributed by atoms with Gasteiger partial charge in [0.25, 0.3) is 10.0 Å². The number of benzene rings is 2. The van der Waals surface area contributed by atoms with E-state index in [2.05, 4.69) is 0 Å². The van der Waals surface area contributed by atoms with E-state index in [4.69, 9.17) is 0 Å². The molecule has 2 aliphatic rings. The molecule has 2 heterocycles. The summed E-state index contributed by atoms with van der Waals surface area (Å²) in [4.78, 5) is 13.7. The van der Waals surface area contributed by atoms with Gasteiger partial charge in [-0.05, 0) is 55.2 Å². The molecule has 0 aliphatic carbocycles. The first kappa shape index (κ1) is 16.1. The first-order chi connectivity index (χ1) is 11.9. The van der Waals surface area contributed by atoms with Gasteiger partial charge >= 0.3 is 0 Å². The minimum atomic E-state index is -3.64. The number of fused-ring (bicyclic) bond motifs is 2. The van der Waals surface area contributed by atoms with Crippen molar-refractivity contribution < 1.29 is 13.2 Å². The summed E-state index contributed by atoms with van der Waals surface area (Å²) in [6.07, 6.45) is 1.71. The molecule has 0 bridgehead atoms. The van der Waals surface area contributed by atoms with Crippen molar-refractivity contribution in [3.8, 4) is 0 Å². The van der Waals surface area contributed by atoms with Gasteiger partial charge in [-0.15, -0.1) is 0 Å². The molecular weight excluding hydrogens is 336 g/mol. The second-order valence-electron chi connectivity index (χ2n) is 6.73. The molecule has 5 nitrogen and oxygen atoms in total. The average molecular weight is 356 g/mol. The van der Waals surface area contributed by atoms with E-state index in [1.165, 1.54) is 4.31 Å². The largest absolute Gasteiger partial charge is 0.315 e. The fourth-order valence-corrected chi connectivity index (χ4v) is 5.55. The van der Waals surface area contributed by atoms with E-state index in [9.17, 15) is 13.2 Å². The first-order valence-corrected chi connectivity index (χ1v) is 9.85. The monoisotopic (exact) mass is 356 g/mol. The molecule has 4 rings (SSSR count). The third-order valence-electron chi connectivity index (χ3n) is 5.10. The molecule has 0 fully saturated rings. The molecule has 2 aromatic carbocycles. The number of hydrogen-bond donors (Lipinski definition) is 0. The maximum Gasteiger partial charge on any atom is 0.264 e. The number of para-hydroxylation sites is 1. The number of carbonyl (C=O) groups is 1. The Labute approximate surface area is 147 Å². The topological polar surface area (TPSA) is 57.7 Å². The molecule has 25 heavy (non-hydrogen) atoms. The van der Waals surface area contributed by atoms with Gasteiger partial charge in [0.15, 0.2) is 0 Å². The SMILES string of the molecule is CC1Cc2ccccc2N1S(=O)(=O)c1ccc2c(c1)CCC(=O)N2C. The minimum Gasteiger partial charge on any atom is -0.315 e. The predicted octanol–water partition coefficient (Wildman–Crippen LogP) is 2.74. The molecule has 2 aliphatic heterocycles. The van der Waals surface area contributed by atoms with E-state index in [1.54, 1.807) is 30.1 Å². The Bertz CT molecular complexity index is 968. The summed E-state index contributed by atoms with van der Waals surface area (Å²) in [7, 11) is -1.91. The highest BCUT2D eigenvalue weighted by atomic mass is 32.2. The van der Waals surface area contributed by atoms with E-state index in [1.807, 2.05) is 31.2 Å². The van der Waals surface area contributed by atoms with Crippen molar-refractivity contribution in [3.05, 3.63) is 53.6 Å². The molecule has 6 heteroatoms. The maximum atomic E-state index is 13.3. The van der Waals surface area contributed by atoms with Gasteiger partial charge in [-0.2, -0.15) is 0 Å². The van der Waals surface area contributed by atoms with Crippen LogP contribution in [0.25, 0.3) is 0 Å². The van der Waals surface area contributed by atoms with Crippen LogP contribution in [0.4, 0.5) is 11.4 Å². The summed E-state index contributed by atoms with van der Waals surface area (Å²) in [6, 6.07) is 12.6. The van der Waals surface area contributed by atoms with Crippen LogP contribution in [0.2, 0.25) is 0 Å². The van der Waals surface area contributed by atoms with Crippen molar-refractivity contribution in [2.24, 2.45) is 0 Å². The Kier molecular flexibility index (Phi) is 3.61. The molecule has 0 spiro atoms. The molecule has 1 unspecified atom stereocenters. The van der Waals surface area contributed by atoms with Crippen molar-refractivity contribution >= 4 is 27.3 Å². The summed E-state index contributed by atoms with van der Waals surface area (Å²) in [5.74, 6) is 0.0604. The standard InChI is InChI=1S/C19H20N2O3S/c1-13-11-14-5-3-4-6-18(14)21(13)25(23,24)16-8-9-17-15(12-16)7-10-19(22)20(17)2/h3-6,8-9,12-13H,7,10-11H2,1-2H3. The quantitative estimate of drug-likeness (QED) is 0.831. The smallest absolute Gasteiger partial charge is 0.264 e. The summed E-state index contributed by atoms with van der Waals surface area (Å²) in [6.45, 7) is 1.93. The van der Waals surface area contributed by atoms with Gasteiger partial charge in [0.1, 0.15) is 0 Å². The lowest BCUT2D eigenvalue weighted by atomic mass is 10.0. The number of amides is 1. The predicted molar refractivity (Wildman–Crippen MR) is 97.4 cm³/mol. The molecule has 130 valence electrons. The number of aryl methyl sites for hydroxylation is 1. The molecular formula is C19H20N2O3S. The van der Waals surface area contributed by atoms with E-state index < -0.39 is 10.0 Å². The van der Waals surface area contributed by atoms with Crippen molar-refractivity contribution in [2.45, 2.75) is 37.1 Å². The van der Waals surface area contributed by atoms with Crippen molar-refractivity contribution in [2.75, 3.05) is 16.3 Å². The lowest BCUT2D eigenvalue weighted by Gasteiger charge is -2.28. The van der Waals surface area contributed by atoms with E-state index in [0.29, 0.717) is 12.8 Å². The van der Waals surface area contributed by atoms with Gasteiger partial charge in [0.05, 0.1) is 10.6 Å². The average Bonchev–Trinajstić information content (AvgIpc) is 2.94. The fraction of sp³-hybridized carbons (Fsp3) is 0.316. The Morgan fingerprint density at radius 1 is 1.00 bits per heavy atom. The molecule has 0 aromatic heterocycles. The first-order valence-electron chi connectivity index (χ1n) is 8.41. The van der Waals surface area contributed by atoms with Crippen LogP contribution in [-0.2, 0) is 27.7 Å². The van der Waals surface area contributed by atoms with Gasteiger partial charge in [-0.25, -0.2) is 8.42 Å². The van der Waals surface area contributed by atoms with Gasteiger partial charge in [0, 0.05) is 25.2 Å².